The fourth-order valence-corrected chi connectivity index (χ4v) is 2.60. The van der Waals surface area contributed by atoms with Gasteiger partial charge >= 0.3 is 0 Å². The second kappa shape index (κ2) is 6.21. The van der Waals surface area contributed by atoms with Gasteiger partial charge in [-0.25, -0.2) is 0 Å². The number of carbonyl (C=O) groups is 1. The van der Waals surface area contributed by atoms with Crippen molar-refractivity contribution in [3.05, 3.63) is 28.8 Å². The fourth-order valence-electron chi connectivity index (χ4n) is 2.39. The van der Waals surface area contributed by atoms with Gasteiger partial charge in [0.15, 0.2) is 6.29 Å². The Morgan fingerprint density at radius 3 is 2.83 bits per heavy atom. The predicted octanol–water partition coefficient (Wildman–Crippen LogP) is 3.02. The third-order valence-corrected chi connectivity index (χ3v) is 3.76. The Morgan fingerprint density at radius 1 is 1.44 bits per heavy atom. The molecule has 1 aromatic rings. The maximum Gasteiger partial charge on any atom is 0.153 e. The minimum absolute atomic E-state index is 0.515. The van der Waals surface area contributed by atoms with Crippen LogP contribution >= 0.6 is 11.6 Å². The topological polar surface area (TPSA) is 29.5 Å². The number of aldehydes is 1. The highest BCUT2D eigenvalue weighted by Gasteiger charge is 2.18. The molecule has 1 aromatic carbocycles. The molecular formula is C14H18ClNO2. The van der Waals surface area contributed by atoms with Crippen LogP contribution in [0.2, 0.25) is 5.02 Å². The Balaban J connectivity index is 2.10. The van der Waals surface area contributed by atoms with E-state index in [2.05, 4.69) is 4.90 Å². The lowest BCUT2D eigenvalue weighted by atomic mass is 9.99. The Bertz CT molecular complexity index is 416. The van der Waals surface area contributed by atoms with Crippen molar-refractivity contribution in [3.63, 3.8) is 0 Å². The lowest BCUT2D eigenvalue weighted by molar-refractivity contribution is 0.0685. The molecule has 0 amide bonds. The summed E-state index contributed by atoms with van der Waals surface area (Å²) in [5, 5.41) is 0.515. The summed E-state index contributed by atoms with van der Waals surface area (Å²) in [6, 6.07) is 5.57. The van der Waals surface area contributed by atoms with Gasteiger partial charge < -0.3 is 9.64 Å². The first-order chi connectivity index (χ1) is 8.72. The number of halogens is 1. The van der Waals surface area contributed by atoms with E-state index in [0.717, 1.165) is 44.6 Å². The molecule has 0 bridgehead atoms. The largest absolute Gasteiger partial charge is 0.381 e. The Kier molecular flexibility index (Phi) is 4.61. The second-order valence-electron chi connectivity index (χ2n) is 4.73. The first-order valence-electron chi connectivity index (χ1n) is 6.25. The summed E-state index contributed by atoms with van der Waals surface area (Å²) in [5.74, 6) is 0.627. The van der Waals surface area contributed by atoms with Gasteiger partial charge in [-0.15, -0.1) is 0 Å². The van der Waals surface area contributed by atoms with Crippen molar-refractivity contribution in [3.8, 4) is 0 Å². The van der Waals surface area contributed by atoms with E-state index >= 15 is 0 Å². The number of hydrogen-bond donors (Lipinski definition) is 0. The summed E-state index contributed by atoms with van der Waals surface area (Å²) < 4.78 is 5.36. The van der Waals surface area contributed by atoms with E-state index < -0.39 is 0 Å². The first kappa shape index (κ1) is 13.4. The van der Waals surface area contributed by atoms with E-state index in [1.54, 1.807) is 6.07 Å². The van der Waals surface area contributed by atoms with Crippen LogP contribution in [-0.2, 0) is 4.74 Å². The molecule has 4 heteroatoms. The third-order valence-electron chi connectivity index (χ3n) is 3.43. The lowest BCUT2D eigenvalue weighted by Gasteiger charge is -2.29. The molecule has 0 N–H and O–H groups in total. The van der Waals surface area contributed by atoms with Gasteiger partial charge in [0.2, 0.25) is 0 Å². The maximum absolute atomic E-state index is 11.1. The molecule has 0 atom stereocenters. The van der Waals surface area contributed by atoms with E-state index in [1.807, 2.05) is 19.2 Å². The average molecular weight is 268 g/mol. The van der Waals surface area contributed by atoms with Gasteiger partial charge in [0, 0.05) is 32.5 Å². The third kappa shape index (κ3) is 3.03. The van der Waals surface area contributed by atoms with E-state index in [0.29, 0.717) is 16.5 Å². The van der Waals surface area contributed by atoms with Crippen LogP contribution in [0.25, 0.3) is 0 Å². The molecule has 2 rings (SSSR count). The molecule has 0 aliphatic carbocycles. The first-order valence-corrected chi connectivity index (χ1v) is 6.62. The van der Waals surface area contributed by atoms with Gasteiger partial charge in [-0.05, 0) is 30.9 Å². The maximum atomic E-state index is 11.1. The number of anilines is 1. The summed E-state index contributed by atoms with van der Waals surface area (Å²) in [4.78, 5) is 13.2. The number of hydrogen-bond acceptors (Lipinski definition) is 3. The van der Waals surface area contributed by atoms with Gasteiger partial charge in [-0.3, -0.25) is 4.79 Å². The number of rotatable bonds is 4. The number of nitrogens with zero attached hydrogens (tertiary/aromatic N) is 1. The normalized spacial score (nSPS) is 16.6. The van der Waals surface area contributed by atoms with Crippen LogP contribution in [0.5, 0.6) is 0 Å². The predicted molar refractivity (Wildman–Crippen MR) is 73.7 cm³/mol. The highest BCUT2D eigenvalue weighted by molar-refractivity contribution is 6.33. The molecule has 1 aliphatic heterocycles. The molecule has 1 fully saturated rings. The molecule has 1 saturated heterocycles. The molecule has 0 saturated carbocycles. The van der Waals surface area contributed by atoms with Crippen molar-refractivity contribution < 1.29 is 9.53 Å². The van der Waals surface area contributed by atoms with Gasteiger partial charge in [0.25, 0.3) is 0 Å². The van der Waals surface area contributed by atoms with Crippen molar-refractivity contribution in [2.45, 2.75) is 12.8 Å². The highest BCUT2D eigenvalue weighted by atomic mass is 35.5. The zero-order chi connectivity index (χ0) is 13.0. The number of ether oxygens (including phenoxy) is 1. The second-order valence-corrected chi connectivity index (χ2v) is 5.13. The SMILES string of the molecule is CN(CC1CCOCC1)c1cccc(Cl)c1C=O. The zero-order valence-corrected chi connectivity index (χ0v) is 11.3. The van der Waals surface area contributed by atoms with Crippen molar-refractivity contribution in [2.24, 2.45) is 5.92 Å². The minimum atomic E-state index is 0.515. The molecule has 1 heterocycles. The summed E-state index contributed by atoms with van der Waals surface area (Å²) in [6.45, 7) is 2.62. The number of benzene rings is 1. The van der Waals surface area contributed by atoms with E-state index in [-0.39, 0.29) is 0 Å². The van der Waals surface area contributed by atoms with Gasteiger partial charge in [0.05, 0.1) is 10.6 Å². The Morgan fingerprint density at radius 2 is 2.17 bits per heavy atom. The van der Waals surface area contributed by atoms with Crippen LogP contribution in [0.4, 0.5) is 5.69 Å². The summed E-state index contributed by atoms with van der Waals surface area (Å²) >= 11 is 6.04. The van der Waals surface area contributed by atoms with Crippen molar-refractivity contribution in [2.75, 3.05) is 31.7 Å². The molecule has 18 heavy (non-hydrogen) atoms. The quantitative estimate of drug-likeness (QED) is 0.786. The Hall–Kier alpha value is -1.06. The number of carbonyl (C=O) groups excluding carboxylic acids is 1. The van der Waals surface area contributed by atoms with Crippen LogP contribution < -0.4 is 4.90 Å². The summed E-state index contributed by atoms with van der Waals surface area (Å²) in [5.41, 5.74) is 1.48. The van der Waals surface area contributed by atoms with Crippen LogP contribution in [0.1, 0.15) is 23.2 Å². The average Bonchev–Trinajstić information content (AvgIpc) is 2.39. The van der Waals surface area contributed by atoms with E-state index in [9.17, 15) is 4.79 Å². The molecular weight excluding hydrogens is 250 g/mol. The smallest absolute Gasteiger partial charge is 0.153 e. The molecule has 0 radical (unpaired) electrons. The van der Waals surface area contributed by atoms with Crippen molar-refractivity contribution >= 4 is 23.6 Å². The van der Waals surface area contributed by atoms with Crippen LogP contribution in [-0.4, -0.2) is 33.1 Å². The fraction of sp³-hybridized carbons (Fsp3) is 0.500. The Labute approximate surface area is 113 Å². The molecule has 0 spiro atoms. The molecule has 0 aromatic heterocycles. The molecule has 3 nitrogen and oxygen atoms in total. The molecule has 1 aliphatic rings. The monoisotopic (exact) mass is 267 g/mol. The van der Waals surface area contributed by atoms with Gasteiger partial charge in [-0.1, -0.05) is 17.7 Å². The molecule has 0 unspecified atom stereocenters. The highest BCUT2D eigenvalue weighted by Crippen LogP contribution is 2.27. The van der Waals surface area contributed by atoms with Crippen LogP contribution in [0.15, 0.2) is 18.2 Å². The minimum Gasteiger partial charge on any atom is -0.381 e. The van der Waals surface area contributed by atoms with Crippen LogP contribution in [0.3, 0.4) is 0 Å². The lowest BCUT2D eigenvalue weighted by Crippen LogP contribution is -2.30. The zero-order valence-electron chi connectivity index (χ0n) is 10.6. The molecule has 98 valence electrons. The summed E-state index contributed by atoms with van der Waals surface area (Å²) in [6.07, 6.45) is 3.00. The van der Waals surface area contributed by atoms with Crippen LogP contribution in [0, 0.1) is 5.92 Å². The van der Waals surface area contributed by atoms with Gasteiger partial charge in [-0.2, -0.15) is 0 Å². The van der Waals surface area contributed by atoms with E-state index in [1.165, 1.54) is 0 Å². The van der Waals surface area contributed by atoms with Crippen molar-refractivity contribution in [1.82, 2.24) is 0 Å². The van der Waals surface area contributed by atoms with E-state index in [4.69, 9.17) is 16.3 Å². The standard InChI is InChI=1S/C14H18ClNO2/c1-16(9-11-5-7-18-8-6-11)14-4-2-3-13(15)12(14)10-17/h2-4,10-11H,5-9H2,1H3. The van der Waals surface area contributed by atoms with Crippen molar-refractivity contribution in [1.29, 1.82) is 0 Å². The van der Waals surface area contributed by atoms with Gasteiger partial charge in [0.1, 0.15) is 0 Å². The summed E-state index contributed by atoms with van der Waals surface area (Å²) in [7, 11) is 2.01.